The lowest BCUT2D eigenvalue weighted by Gasteiger charge is -2.16. The van der Waals surface area contributed by atoms with E-state index in [0.29, 0.717) is 12.0 Å². The molecule has 1 atom stereocenters. The van der Waals surface area contributed by atoms with Gasteiger partial charge in [-0.3, -0.25) is 0 Å². The van der Waals surface area contributed by atoms with Gasteiger partial charge in [-0.05, 0) is 37.9 Å². The van der Waals surface area contributed by atoms with Gasteiger partial charge in [0.1, 0.15) is 0 Å². The van der Waals surface area contributed by atoms with E-state index in [0.717, 1.165) is 10.8 Å². The highest BCUT2D eigenvalue weighted by atomic mass is 35.5. The number of rotatable bonds is 4. The zero-order chi connectivity index (χ0) is 10.7. The fourth-order valence-electron chi connectivity index (χ4n) is 1.50. The van der Waals surface area contributed by atoms with Crippen molar-refractivity contribution < 1.29 is 0 Å². The lowest BCUT2D eigenvalue weighted by molar-refractivity contribution is 0.462. The summed E-state index contributed by atoms with van der Waals surface area (Å²) >= 11 is 7.75. The predicted octanol–water partition coefficient (Wildman–Crippen LogP) is 4.02. The van der Waals surface area contributed by atoms with Crippen molar-refractivity contribution in [1.29, 1.82) is 0 Å². The first-order chi connectivity index (χ1) is 6.54. The first-order valence-electron chi connectivity index (χ1n) is 4.97. The molecule has 14 heavy (non-hydrogen) atoms. The van der Waals surface area contributed by atoms with E-state index in [2.05, 4.69) is 32.2 Å². The quantitative estimate of drug-likeness (QED) is 0.826. The summed E-state index contributed by atoms with van der Waals surface area (Å²) in [6.07, 6.45) is 1.16. The third-order valence-corrected chi connectivity index (χ3v) is 3.94. The van der Waals surface area contributed by atoms with Crippen LogP contribution in [0.4, 0.5) is 0 Å². The molecule has 0 aliphatic rings. The minimum absolute atomic E-state index is 0.450. The van der Waals surface area contributed by atoms with E-state index in [-0.39, 0.29) is 0 Å². The van der Waals surface area contributed by atoms with Crippen LogP contribution in [0.25, 0.3) is 0 Å². The maximum absolute atomic E-state index is 6.06. The highest BCUT2D eigenvalue weighted by Gasteiger charge is 2.14. The molecule has 1 aromatic rings. The standard InChI is InChI=1S/C11H18ClNS/c1-7(2)5-9(13-4)10-6-8(3)11(12)14-10/h6-7,9,13H,5H2,1-4H3. The lowest BCUT2D eigenvalue weighted by Crippen LogP contribution is -2.17. The molecule has 0 aliphatic carbocycles. The van der Waals surface area contributed by atoms with Crippen molar-refractivity contribution in [2.45, 2.75) is 33.2 Å². The second-order valence-corrected chi connectivity index (χ2v) is 5.76. The molecule has 0 radical (unpaired) electrons. The third-order valence-electron chi connectivity index (χ3n) is 2.28. The minimum atomic E-state index is 0.450. The molecule has 0 saturated heterocycles. The summed E-state index contributed by atoms with van der Waals surface area (Å²) in [5.41, 5.74) is 1.19. The summed E-state index contributed by atoms with van der Waals surface area (Å²) < 4.78 is 0.920. The first kappa shape index (κ1) is 12.0. The van der Waals surface area contributed by atoms with Gasteiger partial charge in [0.15, 0.2) is 0 Å². The van der Waals surface area contributed by atoms with Crippen molar-refractivity contribution >= 4 is 22.9 Å². The van der Waals surface area contributed by atoms with Gasteiger partial charge in [-0.1, -0.05) is 25.4 Å². The van der Waals surface area contributed by atoms with Crippen LogP contribution in [0.3, 0.4) is 0 Å². The van der Waals surface area contributed by atoms with Crippen molar-refractivity contribution in [1.82, 2.24) is 5.32 Å². The van der Waals surface area contributed by atoms with Gasteiger partial charge in [0.25, 0.3) is 0 Å². The summed E-state index contributed by atoms with van der Waals surface area (Å²) in [4.78, 5) is 1.35. The molecule has 1 rings (SSSR count). The predicted molar refractivity (Wildman–Crippen MR) is 65.3 cm³/mol. The van der Waals surface area contributed by atoms with Crippen molar-refractivity contribution in [3.05, 3.63) is 20.8 Å². The smallest absolute Gasteiger partial charge is 0.0960 e. The Balaban J connectivity index is 2.78. The van der Waals surface area contributed by atoms with Crippen LogP contribution in [0.5, 0.6) is 0 Å². The fourth-order valence-corrected chi connectivity index (χ4v) is 2.84. The van der Waals surface area contributed by atoms with Gasteiger partial charge in [-0.15, -0.1) is 11.3 Å². The first-order valence-corrected chi connectivity index (χ1v) is 6.17. The van der Waals surface area contributed by atoms with Gasteiger partial charge in [-0.2, -0.15) is 0 Å². The molecule has 80 valence electrons. The maximum atomic E-state index is 6.06. The van der Waals surface area contributed by atoms with E-state index in [1.807, 2.05) is 7.05 Å². The van der Waals surface area contributed by atoms with Gasteiger partial charge in [-0.25, -0.2) is 0 Å². The van der Waals surface area contributed by atoms with Crippen LogP contribution in [0.1, 0.15) is 36.8 Å². The molecular formula is C11H18ClNS. The molecule has 0 aliphatic heterocycles. The van der Waals surface area contributed by atoms with Gasteiger partial charge in [0.05, 0.1) is 4.34 Å². The monoisotopic (exact) mass is 231 g/mol. The van der Waals surface area contributed by atoms with Crippen molar-refractivity contribution in [2.75, 3.05) is 7.05 Å². The highest BCUT2D eigenvalue weighted by Crippen LogP contribution is 2.33. The van der Waals surface area contributed by atoms with Crippen molar-refractivity contribution in [3.63, 3.8) is 0 Å². The van der Waals surface area contributed by atoms with Gasteiger partial charge < -0.3 is 5.32 Å². The molecule has 1 nitrogen and oxygen atoms in total. The molecular weight excluding hydrogens is 214 g/mol. The molecule has 3 heteroatoms. The molecule has 0 fully saturated rings. The minimum Gasteiger partial charge on any atom is -0.312 e. The zero-order valence-electron chi connectivity index (χ0n) is 9.23. The molecule has 1 aromatic heterocycles. The summed E-state index contributed by atoms with van der Waals surface area (Å²) in [7, 11) is 2.01. The highest BCUT2D eigenvalue weighted by molar-refractivity contribution is 7.16. The van der Waals surface area contributed by atoms with Crippen LogP contribution in [0.2, 0.25) is 4.34 Å². The molecule has 0 saturated carbocycles. The third kappa shape index (κ3) is 2.97. The van der Waals surface area contributed by atoms with Gasteiger partial charge >= 0.3 is 0 Å². The molecule has 0 bridgehead atoms. The van der Waals surface area contributed by atoms with Crippen LogP contribution >= 0.6 is 22.9 Å². The van der Waals surface area contributed by atoms with E-state index in [1.54, 1.807) is 11.3 Å². The summed E-state index contributed by atoms with van der Waals surface area (Å²) in [5, 5.41) is 3.34. The second-order valence-electron chi connectivity index (χ2n) is 4.08. The van der Waals surface area contributed by atoms with Crippen LogP contribution in [0, 0.1) is 12.8 Å². The fraction of sp³-hybridized carbons (Fsp3) is 0.636. The molecule has 0 aromatic carbocycles. The number of thiophene rings is 1. The maximum Gasteiger partial charge on any atom is 0.0960 e. The Kier molecular flexibility index (Phi) is 4.42. The largest absolute Gasteiger partial charge is 0.312 e. The summed E-state index contributed by atoms with van der Waals surface area (Å²) in [6.45, 7) is 6.54. The molecule has 1 N–H and O–H groups in total. The van der Waals surface area contributed by atoms with Crippen LogP contribution in [0.15, 0.2) is 6.07 Å². The van der Waals surface area contributed by atoms with Crippen LogP contribution in [-0.2, 0) is 0 Å². The van der Waals surface area contributed by atoms with E-state index >= 15 is 0 Å². The topological polar surface area (TPSA) is 12.0 Å². The van der Waals surface area contributed by atoms with E-state index in [9.17, 15) is 0 Å². The number of halogens is 1. The SMILES string of the molecule is CNC(CC(C)C)c1cc(C)c(Cl)s1. The molecule has 0 amide bonds. The van der Waals surface area contributed by atoms with E-state index in [1.165, 1.54) is 10.4 Å². The van der Waals surface area contributed by atoms with Crippen LogP contribution < -0.4 is 5.32 Å². The normalized spacial score (nSPS) is 13.6. The Hall–Kier alpha value is -0.0500. The summed E-state index contributed by atoms with van der Waals surface area (Å²) in [6, 6.07) is 2.64. The Morgan fingerprint density at radius 3 is 2.50 bits per heavy atom. The molecule has 1 heterocycles. The van der Waals surface area contributed by atoms with E-state index in [4.69, 9.17) is 11.6 Å². The Bertz CT molecular complexity index is 274. The number of aryl methyl sites for hydroxylation is 1. The molecule has 0 spiro atoms. The summed E-state index contributed by atoms with van der Waals surface area (Å²) in [5.74, 6) is 0.702. The molecule has 1 unspecified atom stereocenters. The van der Waals surface area contributed by atoms with Crippen LogP contribution in [-0.4, -0.2) is 7.05 Å². The Morgan fingerprint density at radius 2 is 2.14 bits per heavy atom. The number of hydrogen-bond donors (Lipinski definition) is 1. The van der Waals surface area contributed by atoms with Gasteiger partial charge in [0.2, 0.25) is 0 Å². The van der Waals surface area contributed by atoms with Crippen molar-refractivity contribution in [2.24, 2.45) is 5.92 Å². The Morgan fingerprint density at radius 1 is 1.50 bits per heavy atom. The average molecular weight is 232 g/mol. The zero-order valence-corrected chi connectivity index (χ0v) is 10.8. The Labute approximate surface area is 95.5 Å². The van der Waals surface area contributed by atoms with E-state index < -0.39 is 0 Å². The van der Waals surface area contributed by atoms with Gasteiger partial charge in [0, 0.05) is 10.9 Å². The second kappa shape index (κ2) is 5.15. The van der Waals surface area contributed by atoms with Crippen molar-refractivity contribution in [3.8, 4) is 0 Å². The lowest BCUT2D eigenvalue weighted by atomic mass is 10.0. The number of hydrogen-bond acceptors (Lipinski definition) is 2. The number of nitrogens with one attached hydrogen (secondary N) is 1. The average Bonchev–Trinajstić information content (AvgIpc) is 2.42.